The zero-order chi connectivity index (χ0) is 14.7. The fourth-order valence-corrected chi connectivity index (χ4v) is 2.70. The van der Waals surface area contributed by atoms with Gasteiger partial charge in [-0.1, -0.05) is 32.0 Å². The van der Waals surface area contributed by atoms with Crippen LogP contribution in [-0.4, -0.2) is 11.5 Å². The van der Waals surface area contributed by atoms with Crippen molar-refractivity contribution in [2.24, 2.45) is 0 Å². The molecular formula is C18H20N2O. The van der Waals surface area contributed by atoms with Crippen LogP contribution in [0.5, 0.6) is 0 Å². The molecule has 1 atom stereocenters. The highest BCUT2D eigenvalue weighted by atomic mass is 16.3. The predicted octanol–water partition coefficient (Wildman–Crippen LogP) is 4.56. The number of furan rings is 1. The molecule has 3 nitrogen and oxygen atoms in total. The lowest BCUT2D eigenvalue weighted by Gasteiger charge is -2.12. The highest BCUT2D eigenvalue weighted by Crippen LogP contribution is 2.31. The van der Waals surface area contributed by atoms with Gasteiger partial charge in [-0.25, -0.2) is 0 Å². The van der Waals surface area contributed by atoms with Crippen molar-refractivity contribution in [1.29, 1.82) is 0 Å². The molecule has 0 fully saturated rings. The smallest absolute Gasteiger partial charge is 0.135 e. The van der Waals surface area contributed by atoms with Crippen LogP contribution < -0.4 is 5.32 Å². The summed E-state index contributed by atoms with van der Waals surface area (Å²) in [6.07, 6.45) is 2.83. The van der Waals surface area contributed by atoms with E-state index in [0.717, 1.165) is 41.0 Å². The molecule has 2 heterocycles. The molecule has 3 rings (SSSR count). The van der Waals surface area contributed by atoms with E-state index in [9.17, 15) is 0 Å². The Balaban J connectivity index is 2.02. The van der Waals surface area contributed by atoms with Crippen LogP contribution in [0.1, 0.15) is 32.1 Å². The van der Waals surface area contributed by atoms with Crippen LogP contribution in [0.2, 0.25) is 0 Å². The first-order chi connectivity index (χ1) is 10.3. The second-order valence-electron chi connectivity index (χ2n) is 5.10. The highest BCUT2D eigenvalue weighted by molar-refractivity contribution is 5.93. The van der Waals surface area contributed by atoms with Crippen LogP contribution in [0, 0.1) is 0 Å². The minimum atomic E-state index is 0.275. The van der Waals surface area contributed by atoms with E-state index < -0.39 is 0 Å². The summed E-state index contributed by atoms with van der Waals surface area (Å²) >= 11 is 0. The molecule has 0 saturated carbocycles. The number of nitrogens with one attached hydrogen (secondary N) is 1. The standard InChI is InChI=1S/C18H20N2O/c1-3-15(19-4-2)18-11-10-17(21-18)14-7-5-9-16-13(14)8-6-12-20-16/h5-12,15,19H,3-4H2,1-2H3. The Kier molecular flexibility index (Phi) is 4.02. The van der Waals surface area contributed by atoms with Crippen molar-refractivity contribution in [3.8, 4) is 11.3 Å². The number of hydrogen-bond donors (Lipinski definition) is 1. The third-order valence-electron chi connectivity index (χ3n) is 3.74. The maximum Gasteiger partial charge on any atom is 0.135 e. The SMILES string of the molecule is CCNC(CC)c1ccc(-c2cccc3ncccc23)o1. The number of pyridine rings is 1. The van der Waals surface area contributed by atoms with E-state index in [1.165, 1.54) is 0 Å². The number of nitrogens with zero attached hydrogens (tertiary/aromatic N) is 1. The first-order valence-corrected chi connectivity index (χ1v) is 7.50. The van der Waals surface area contributed by atoms with Crippen molar-refractivity contribution in [3.63, 3.8) is 0 Å². The van der Waals surface area contributed by atoms with Crippen LogP contribution in [0.3, 0.4) is 0 Å². The van der Waals surface area contributed by atoms with Crippen molar-refractivity contribution >= 4 is 10.9 Å². The van der Waals surface area contributed by atoms with Crippen LogP contribution in [0.4, 0.5) is 0 Å². The third kappa shape index (κ3) is 2.69. The number of fused-ring (bicyclic) bond motifs is 1. The number of benzene rings is 1. The van der Waals surface area contributed by atoms with Crippen LogP contribution in [-0.2, 0) is 0 Å². The van der Waals surface area contributed by atoms with Gasteiger partial charge in [-0.05, 0) is 37.2 Å². The van der Waals surface area contributed by atoms with E-state index in [0.29, 0.717) is 0 Å². The normalized spacial score (nSPS) is 12.7. The summed E-state index contributed by atoms with van der Waals surface area (Å²) in [5, 5.41) is 4.57. The third-order valence-corrected chi connectivity index (χ3v) is 3.74. The van der Waals surface area contributed by atoms with Crippen molar-refractivity contribution in [3.05, 3.63) is 54.4 Å². The summed E-state index contributed by atoms with van der Waals surface area (Å²) in [4.78, 5) is 4.40. The molecule has 0 amide bonds. The Labute approximate surface area is 125 Å². The van der Waals surface area contributed by atoms with Crippen molar-refractivity contribution in [2.45, 2.75) is 26.3 Å². The Morgan fingerprint density at radius 3 is 2.81 bits per heavy atom. The van der Waals surface area contributed by atoms with E-state index in [2.05, 4.69) is 48.4 Å². The van der Waals surface area contributed by atoms with E-state index >= 15 is 0 Å². The molecule has 0 aliphatic carbocycles. The topological polar surface area (TPSA) is 38.1 Å². The lowest BCUT2D eigenvalue weighted by molar-refractivity contribution is 0.417. The number of hydrogen-bond acceptors (Lipinski definition) is 3. The Morgan fingerprint density at radius 1 is 1.10 bits per heavy atom. The lowest BCUT2D eigenvalue weighted by atomic mass is 10.1. The molecule has 108 valence electrons. The largest absolute Gasteiger partial charge is 0.459 e. The van der Waals surface area contributed by atoms with Gasteiger partial charge in [0.15, 0.2) is 0 Å². The average Bonchev–Trinajstić information content (AvgIpc) is 3.01. The molecule has 0 bridgehead atoms. The minimum Gasteiger partial charge on any atom is -0.459 e. The van der Waals surface area contributed by atoms with Gasteiger partial charge in [0.2, 0.25) is 0 Å². The Hall–Kier alpha value is -2.13. The molecular weight excluding hydrogens is 260 g/mol. The quantitative estimate of drug-likeness (QED) is 0.744. The number of aromatic nitrogens is 1. The second kappa shape index (κ2) is 6.10. The van der Waals surface area contributed by atoms with Crippen molar-refractivity contribution in [1.82, 2.24) is 10.3 Å². The molecule has 2 aromatic heterocycles. The van der Waals surface area contributed by atoms with E-state index in [1.54, 1.807) is 0 Å². The molecule has 3 aromatic rings. The molecule has 0 aliphatic heterocycles. The van der Waals surface area contributed by atoms with Gasteiger partial charge < -0.3 is 9.73 Å². The Morgan fingerprint density at radius 2 is 2.00 bits per heavy atom. The maximum absolute atomic E-state index is 6.09. The molecule has 1 unspecified atom stereocenters. The molecule has 1 N–H and O–H groups in total. The average molecular weight is 280 g/mol. The second-order valence-corrected chi connectivity index (χ2v) is 5.10. The lowest BCUT2D eigenvalue weighted by Crippen LogP contribution is -2.19. The summed E-state index contributed by atoms with van der Waals surface area (Å²) in [6, 6.07) is 14.6. The van der Waals surface area contributed by atoms with Gasteiger partial charge in [0.05, 0.1) is 11.6 Å². The van der Waals surface area contributed by atoms with Crippen LogP contribution in [0.15, 0.2) is 53.1 Å². The maximum atomic E-state index is 6.09. The predicted molar refractivity (Wildman–Crippen MR) is 86.2 cm³/mol. The fourth-order valence-electron chi connectivity index (χ4n) is 2.70. The molecule has 0 radical (unpaired) electrons. The van der Waals surface area contributed by atoms with E-state index in [4.69, 9.17) is 4.42 Å². The summed E-state index contributed by atoms with van der Waals surface area (Å²) < 4.78 is 6.09. The zero-order valence-corrected chi connectivity index (χ0v) is 12.5. The molecule has 0 aliphatic rings. The first-order valence-electron chi connectivity index (χ1n) is 7.50. The Bertz CT molecular complexity index is 727. The molecule has 3 heteroatoms. The van der Waals surface area contributed by atoms with Gasteiger partial charge in [-0.3, -0.25) is 4.98 Å². The van der Waals surface area contributed by atoms with Crippen LogP contribution >= 0.6 is 0 Å². The van der Waals surface area contributed by atoms with Gasteiger partial charge in [0.1, 0.15) is 11.5 Å². The van der Waals surface area contributed by atoms with Gasteiger partial charge in [0, 0.05) is 17.1 Å². The van der Waals surface area contributed by atoms with Gasteiger partial charge in [-0.15, -0.1) is 0 Å². The van der Waals surface area contributed by atoms with E-state index in [-0.39, 0.29) is 6.04 Å². The van der Waals surface area contributed by atoms with Gasteiger partial charge in [0.25, 0.3) is 0 Å². The van der Waals surface area contributed by atoms with Gasteiger partial charge in [-0.2, -0.15) is 0 Å². The minimum absolute atomic E-state index is 0.275. The molecule has 1 aromatic carbocycles. The van der Waals surface area contributed by atoms with Crippen molar-refractivity contribution < 1.29 is 4.42 Å². The fraction of sp³-hybridized carbons (Fsp3) is 0.278. The van der Waals surface area contributed by atoms with E-state index in [1.807, 2.05) is 24.4 Å². The van der Waals surface area contributed by atoms with Gasteiger partial charge >= 0.3 is 0 Å². The number of rotatable bonds is 5. The summed E-state index contributed by atoms with van der Waals surface area (Å²) in [6.45, 7) is 5.22. The summed E-state index contributed by atoms with van der Waals surface area (Å²) in [5.74, 6) is 1.90. The zero-order valence-electron chi connectivity index (χ0n) is 12.5. The monoisotopic (exact) mass is 280 g/mol. The first kappa shape index (κ1) is 13.8. The highest BCUT2D eigenvalue weighted by Gasteiger charge is 2.14. The molecule has 0 saturated heterocycles. The summed E-state index contributed by atoms with van der Waals surface area (Å²) in [5.41, 5.74) is 2.09. The molecule has 0 spiro atoms. The van der Waals surface area contributed by atoms with Crippen molar-refractivity contribution in [2.75, 3.05) is 6.54 Å². The van der Waals surface area contributed by atoms with Crippen LogP contribution in [0.25, 0.3) is 22.2 Å². The molecule has 21 heavy (non-hydrogen) atoms. The summed E-state index contributed by atoms with van der Waals surface area (Å²) in [7, 11) is 0.